The van der Waals surface area contributed by atoms with Crippen molar-refractivity contribution in [3.8, 4) is 5.75 Å². The Bertz CT molecular complexity index is 792. The van der Waals surface area contributed by atoms with Gasteiger partial charge >= 0.3 is 0 Å². The highest BCUT2D eigenvalue weighted by Crippen LogP contribution is 2.47. The first kappa shape index (κ1) is 19.6. The van der Waals surface area contributed by atoms with Crippen LogP contribution in [0.4, 0.5) is 0 Å². The Kier molecular flexibility index (Phi) is 5.66. The third kappa shape index (κ3) is 3.34. The summed E-state index contributed by atoms with van der Waals surface area (Å²) in [7, 11) is 0. The third-order valence-corrected chi connectivity index (χ3v) is 5.04. The van der Waals surface area contributed by atoms with Crippen LogP contribution in [0.1, 0.15) is 95.4 Å². The molecule has 2 rings (SSSR count). The molecule has 0 unspecified atom stereocenters. The summed E-state index contributed by atoms with van der Waals surface area (Å²) in [6.07, 6.45) is 0. The standard InChI is InChI=1S/C24H32O/c1-13(2)17(9)22-19-12-10-11-18(14(3)4)23(19)24(25)21(16(7)8)20(22)15(5)6/h10-16,25H,1-8H3. The molecule has 0 aromatic heterocycles. The molecule has 0 bridgehead atoms. The summed E-state index contributed by atoms with van der Waals surface area (Å²) in [6, 6.07) is 6.24. The van der Waals surface area contributed by atoms with Crippen LogP contribution < -0.4 is 0 Å². The molecule has 2 radical (unpaired) electrons. The number of hydrogen-bond donors (Lipinski definition) is 1. The van der Waals surface area contributed by atoms with Crippen LogP contribution in [0.3, 0.4) is 0 Å². The molecule has 2 aromatic rings. The zero-order valence-electron chi connectivity index (χ0n) is 17.0. The largest absolute Gasteiger partial charge is 0.507 e. The molecular weight excluding hydrogens is 304 g/mol. The molecule has 134 valence electrons. The van der Waals surface area contributed by atoms with Gasteiger partial charge in [-0.1, -0.05) is 73.6 Å². The number of phenols is 1. The normalized spacial score (nSPS) is 12.2. The van der Waals surface area contributed by atoms with Crippen LogP contribution >= 0.6 is 0 Å². The summed E-state index contributed by atoms with van der Waals surface area (Å²) in [4.78, 5) is 0. The quantitative estimate of drug-likeness (QED) is 0.609. The fourth-order valence-electron chi connectivity index (χ4n) is 3.83. The third-order valence-electron chi connectivity index (χ3n) is 5.04. The fourth-order valence-corrected chi connectivity index (χ4v) is 3.83. The van der Waals surface area contributed by atoms with Crippen LogP contribution in [-0.4, -0.2) is 5.11 Å². The van der Waals surface area contributed by atoms with Crippen molar-refractivity contribution in [2.24, 2.45) is 5.92 Å². The van der Waals surface area contributed by atoms with Crippen molar-refractivity contribution in [3.05, 3.63) is 47.0 Å². The smallest absolute Gasteiger partial charge is 0.127 e. The number of aromatic hydroxyl groups is 1. The Morgan fingerprint density at radius 2 is 1.40 bits per heavy atom. The first-order chi connectivity index (χ1) is 11.6. The lowest BCUT2D eigenvalue weighted by Crippen LogP contribution is -2.08. The average molecular weight is 337 g/mol. The van der Waals surface area contributed by atoms with Gasteiger partial charge in [-0.3, -0.25) is 0 Å². The molecule has 0 atom stereocenters. The molecule has 2 aromatic carbocycles. The molecule has 0 saturated carbocycles. The van der Waals surface area contributed by atoms with Gasteiger partial charge in [0.05, 0.1) is 0 Å². The number of benzene rings is 2. The molecule has 1 nitrogen and oxygen atoms in total. The maximum atomic E-state index is 11.3. The van der Waals surface area contributed by atoms with Gasteiger partial charge in [-0.05, 0) is 57.9 Å². The van der Waals surface area contributed by atoms with Gasteiger partial charge in [-0.2, -0.15) is 0 Å². The van der Waals surface area contributed by atoms with E-state index in [2.05, 4.69) is 73.6 Å². The molecule has 0 fully saturated rings. The van der Waals surface area contributed by atoms with Gasteiger partial charge in [-0.25, -0.2) is 0 Å². The summed E-state index contributed by atoms with van der Waals surface area (Å²) in [5.41, 5.74) is 5.00. The van der Waals surface area contributed by atoms with E-state index in [1.54, 1.807) is 0 Å². The summed E-state index contributed by atoms with van der Waals surface area (Å²) in [5.74, 6) is 1.34. The average Bonchev–Trinajstić information content (AvgIpc) is 2.52. The summed E-state index contributed by atoms with van der Waals surface area (Å²) in [5, 5.41) is 13.2. The molecule has 1 N–H and O–H groups in total. The van der Waals surface area contributed by atoms with E-state index in [1.165, 1.54) is 0 Å². The molecule has 25 heavy (non-hydrogen) atoms. The maximum absolute atomic E-state index is 11.3. The van der Waals surface area contributed by atoms with Gasteiger partial charge in [0, 0.05) is 10.9 Å². The number of fused-ring (bicyclic) bond motifs is 1. The molecule has 0 aliphatic rings. The SMILES string of the molecule is [C]=C(c1c(C(C)C)c(C(C)C)c(O)c2c(C(C)C)cccc12)C(C)C. The lowest BCUT2D eigenvalue weighted by atomic mass is 9.77. The minimum atomic E-state index is 0.146. The number of phenolic OH excluding ortho intramolecular Hbond substituents is 1. The van der Waals surface area contributed by atoms with E-state index in [0.29, 0.717) is 17.2 Å². The highest BCUT2D eigenvalue weighted by Gasteiger charge is 2.26. The summed E-state index contributed by atoms with van der Waals surface area (Å²) >= 11 is 0. The van der Waals surface area contributed by atoms with Crippen molar-refractivity contribution in [1.29, 1.82) is 0 Å². The van der Waals surface area contributed by atoms with E-state index in [1.807, 2.05) is 0 Å². The lowest BCUT2D eigenvalue weighted by molar-refractivity contribution is 0.468. The summed E-state index contributed by atoms with van der Waals surface area (Å²) < 4.78 is 0. The van der Waals surface area contributed by atoms with Crippen molar-refractivity contribution in [1.82, 2.24) is 0 Å². The van der Waals surface area contributed by atoms with Crippen LogP contribution in [0.5, 0.6) is 5.75 Å². The zero-order chi connectivity index (χ0) is 19.0. The Morgan fingerprint density at radius 1 is 0.840 bits per heavy atom. The number of rotatable bonds is 5. The zero-order valence-corrected chi connectivity index (χ0v) is 17.0. The van der Waals surface area contributed by atoms with Crippen LogP contribution in [0.15, 0.2) is 18.2 Å². The van der Waals surface area contributed by atoms with Crippen LogP contribution in [0, 0.1) is 12.5 Å². The molecule has 0 aliphatic heterocycles. The van der Waals surface area contributed by atoms with E-state index >= 15 is 0 Å². The molecule has 0 heterocycles. The van der Waals surface area contributed by atoms with Gasteiger partial charge in [0.15, 0.2) is 0 Å². The molecular formula is C24H32O. The molecule has 0 amide bonds. The van der Waals surface area contributed by atoms with Crippen molar-refractivity contribution >= 4 is 16.3 Å². The van der Waals surface area contributed by atoms with Gasteiger partial charge < -0.3 is 5.11 Å². The van der Waals surface area contributed by atoms with Crippen LogP contribution in [0.2, 0.25) is 0 Å². The van der Waals surface area contributed by atoms with Gasteiger partial charge in [0.2, 0.25) is 0 Å². The predicted molar refractivity (Wildman–Crippen MR) is 109 cm³/mol. The van der Waals surface area contributed by atoms with Crippen LogP contribution in [0.25, 0.3) is 16.3 Å². The van der Waals surface area contributed by atoms with Gasteiger partial charge in [0.1, 0.15) is 5.75 Å². The van der Waals surface area contributed by atoms with Crippen molar-refractivity contribution in [3.63, 3.8) is 0 Å². The minimum absolute atomic E-state index is 0.146. The van der Waals surface area contributed by atoms with E-state index in [9.17, 15) is 5.11 Å². The monoisotopic (exact) mass is 336 g/mol. The first-order valence-electron chi connectivity index (χ1n) is 9.49. The second kappa shape index (κ2) is 7.23. The van der Waals surface area contributed by atoms with Crippen LogP contribution in [-0.2, 0) is 0 Å². The maximum Gasteiger partial charge on any atom is 0.127 e. The number of hydrogen-bond acceptors (Lipinski definition) is 1. The first-order valence-corrected chi connectivity index (χ1v) is 9.49. The fraction of sp³-hybridized carbons (Fsp3) is 0.500. The summed E-state index contributed by atoms with van der Waals surface area (Å²) in [6.45, 7) is 25.9. The molecule has 1 heteroatoms. The Balaban J connectivity index is 3.15. The molecule has 0 spiro atoms. The highest BCUT2D eigenvalue weighted by atomic mass is 16.3. The van der Waals surface area contributed by atoms with Gasteiger partial charge in [0.25, 0.3) is 0 Å². The van der Waals surface area contributed by atoms with E-state index in [-0.39, 0.29) is 17.8 Å². The molecule has 0 aliphatic carbocycles. The topological polar surface area (TPSA) is 20.2 Å². The van der Waals surface area contributed by atoms with E-state index in [0.717, 1.165) is 33.0 Å². The van der Waals surface area contributed by atoms with Crippen molar-refractivity contribution < 1.29 is 5.11 Å². The Hall–Kier alpha value is -1.76. The predicted octanol–water partition coefficient (Wildman–Crippen LogP) is 7.26. The number of allylic oxidation sites excluding steroid dienone is 1. The highest BCUT2D eigenvalue weighted by molar-refractivity contribution is 6.02. The van der Waals surface area contributed by atoms with E-state index in [4.69, 9.17) is 6.58 Å². The van der Waals surface area contributed by atoms with Crippen molar-refractivity contribution in [2.45, 2.75) is 73.1 Å². The second-order valence-electron chi connectivity index (χ2n) is 8.35. The Labute approximate surface area is 153 Å². The molecule has 0 saturated heterocycles. The Morgan fingerprint density at radius 3 is 1.84 bits per heavy atom. The van der Waals surface area contributed by atoms with Crippen molar-refractivity contribution in [2.75, 3.05) is 0 Å². The van der Waals surface area contributed by atoms with E-state index < -0.39 is 0 Å². The lowest BCUT2D eigenvalue weighted by Gasteiger charge is -2.27. The van der Waals surface area contributed by atoms with Gasteiger partial charge in [-0.15, -0.1) is 0 Å². The minimum Gasteiger partial charge on any atom is -0.507 e. The second-order valence-corrected chi connectivity index (χ2v) is 8.35.